The Morgan fingerprint density at radius 3 is 2.67 bits per heavy atom. The van der Waals surface area contributed by atoms with E-state index in [4.69, 9.17) is 0 Å². The zero-order valence-electron chi connectivity index (χ0n) is 9.59. The first-order valence-electron chi connectivity index (χ1n) is 5.26. The van der Waals surface area contributed by atoms with Gasteiger partial charge in [0, 0.05) is 16.6 Å². The molecule has 1 aromatic heterocycles. The monoisotopic (exact) mass is 199 g/mol. The van der Waals surface area contributed by atoms with Crippen molar-refractivity contribution in [3.63, 3.8) is 0 Å². The maximum Gasteiger partial charge on any atom is 0.0458 e. The Kier molecular flexibility index (Phi) is 2.18. The number of nitrogens with one attached hydrogen (secondary N) is 1. The molecule has 0 radical (unpaired) electrons. The van der Waals surface area contributed by atoms with E-state index in [1.807, 2.05) is 6.08 Å². The molecule has 0 saturated heterocycles. The number of aromatic nitrogens is 1. The molecule has 0 bridgehead atoms. The minimum atomic E-state index is 0.00687. The van der Waals surface area contributed by atoms with Gasteiger partial charge in [-0.2, -0.15) is 0 Å². The molecule has 0 unspecified atom stereocenters. The second-order valence-corrected chi connectivity index (χ2v) is 4.70. The fraction of sp³-hybridized carbons (Fsp3) is 0.286. The average Bonchev–Trinajstić information content (AvgIpc) is 2.61. The van der Waals surface area contributed by atoms with Gasteiger partial charge < -0.3 is 4.98 Å². The summed E-state index contributed by atoms with van der Waals surface area (Å²) in [6.45, 7) is 10.3. The lowest BCUT2D eigenvalue weighted by Crippen LogP contribution is -2.12. The molecule has 0 aliphatic rings. The minimum Gasteiger partial charge on any atom is -0.358 e. The van der Waals surface area contributed by atoms with Gasteiger partial charge in [-0.1, -0.05) is 32.1 Å². The van der Waals surface area contributed by atoms with Gasteiger partial charge in [-0.25, -0.2) is 0 Å². The van der Waals surface area contributed by atoms with Crippen LogP contribution < -0.4 is 0 Å². The van der Waals surface area contributed by atoms with Crippen LogP contribution in [0.25, 0.3) is 10.9 Å². The van der Waals surface area contributed by atoms with Crippen molar-refractivity contribution in [3.8, 4) is 0 Å². The molecule has 2 aromatic rings. The second-order valence-electron chi connectivity index (χ2n) is 4.70. The molecule has 15 heavy (non-hydrogen) atoms. The first kappa shape index (κ1) is 10.0. The summed E-state index contributed by atoms with van der Waals surface area (Å²) in [5, 5.41) is 1.27. The topological polar surface area (TPSA) is 15.8 Å². The normalized spacial score (nSPS) is 11.9. The quantitative estimate of drug-likeness (QED) is 0.705. The fourth-order valence-corrected chi connectivity index (χ4v) is 1.70. The van der Waals surface area contributed by atoms with Gasteiger partial charge in [-0.3, -0.25) is 0 Å². The molecule has 2 rings (SSSR count). The highest BCUT2D eigenvalue weighted by atomic mass is 14.7. The molecule has 78 valence electrons. The van der Waals surface area contributed by atoms with E-state index < -0.39 is 0 Å². The number of allylic oxidation sites excluding steroid dienone is 1. The lowest BCUT2D eigenvalue weighted by molar-refractivity contribution is 0.652. The summed E-state index contributed by atoms with van der Waals surface area (Å²) in [4.78, 5) is 3.46. The summed E-state index contributed by atoms with van der Waals surface area (Å²) in [6, 6.07) is 8.68. The Morgan fingerprint density at radius 1 is 1.27 bits per heavy atom. The molecule has 1 aromatic carbocycles. The minimum absolute atomic E-state index is 0.00687. The number of aromatic amines is 1. The number of benzene rings is 1. The van der Waals surface area contributed by atoms with E-state index >= 15 is 0 Å². The standard InChI is InChI=1S/C14H17N/c1-5-14(3,4)13-9-11-7-6-10(2)8-12(11)15-13/h5-9,15H,1H2,2-4H3. The van der Waals surface area contributed by atoms with Gasteiger partial charge >= 0.3 is 0 Å². The molecule has 1 heteroatoms. The Morgan fingerprint density at radius 2 is 2.00 bits per heavy atom. The molecule has 1 N–H and O–H groups in total. The van der Waals surface area contributed by atoms with E-state index in [1.54, 1.807) is 0 Å². The zero-order valence-corrected chi connectivity index (χ0v) is 9.59. The van der Waals surface area contributed by atoms with Crippen molar-refractivity contribution in [3.05, 3.63) is 48.2 Å². The molecule has 0 amide bonds. The predicted molar refractivity (Wildman–Crippen MR) is 66.3 cm³/mol. The zero-order chi connectivity index (χ0) is 11.1. The van der Waals surface area contributed by atoms with Crippen molar-refractivity contribution in [1.82, 2.24) is 4.98 Å². The molecule has 1 nitrogen and oxygen atoms in total. The van der Waals surface area contributed by atoms with Crippen LogP contribution >= 0.6 is 0 Å². The fourth-order valence-electron chi connectivity index (χ4n) is 1.70. The summed E-state index contributed by atoms with van der Waals surface area (Å²) in [7, 11) is 0. The molecule has 1 heterocycles. The Hall–Kier alpha value is -1.50. The van der Waals surface area contributed by atoms with E-state index in [9.17, 15) is 0 Å². The third kappa shape index (κ3) is 1.70. The van der Waals surface area contributed by atoms with Crippen molar-refractivity contribution in [2.24, 2.45) is 0 Å². The van der Waals surface area contributed by atoms with Crippen molar-refractivity contribution in [2.75, 3.05) is 0 Å². The van der Waals surface area contributed by atoms with Crippen molar-refractivity contribution in [1.29, 1.82) is 0 Å². The molecule has 0 aliphatic carbocycles. The van der Waals surface area contributed by atoms with Crippen LogP contribution in [0.4, 0.5) is 0 Å². The molecule has 0 saturated carbocycles. The van der Waals surface area contributed by atoms with Crippen LogP contribution in [0, 0.1) is 6.92 Å². The van der Waals surface area contributed by atoms with Crippen LogP contribution in [0.5, 0.6) is 0 Å². The van der Waals surface area contributed by atoms with Gasteiger partial charge in [0.2, 0.25) is 0 Å². The van der Waals surface area contributed by atoms with E-state index in [-0.39, 0.29) is 5.41 Å². The van der Waals surface area contributed by atoms with Crippen molar-refractivity contribution in [2.45, 2.75) is 26.2 Å². The number of H-pyrrole nitrogens is 1. The second kappa shape index (κ2) is 3.27. The van der Waals surface area contributed by atoms with Crippen LogP contribution in [-0.4, -0.2) is 4.98 Å². The smallest absolute Gasteiger partial charge is 0.0458 e. The maximum absolute atomic E-state index is 3.88. The van der Waals surface area contributed by atoms with E-state index in [2.05, 4.69) is 56.6 Å². The third-order valence-electron chi connectivity index (χ3n) is 2.98. The summed E-state index contributed by atoms with van der Waals surface area (Å²) in [5.41, 5.74) is 3.72. The SMILES string of the molecule is C=CC(C)(C)c1cc2ccc(C)cc2[nH]1. The molecule has 0 atom stereocenters. The van der Waals surface area contributed by atoms with Gasteiger partial charge in [-0.15, -0.1) is 6.58 Å². The molecule has 0 aliphatic heterocycles. The number of aryl methyl sites for hydroxylation is 1. The van der Waals surface area contributed by atoms with E-state index in [1.165, 1.54) is 22.2 Å². The summed E-state index contributed by atoms with van der Waals surface area (Å²) in [5.74, 6) is 0. The summed E-state index contributed by atoms with van der Waals surface area (Å²) < 4.78 is 0. The molecular formula is C14H17N. The Labute approximate surface area is 90.8 Å². The lowest BCUT2D eigenvalue weighted by atomic mass is 9.90. The van der Waals surface area contributed by atoms with E-state index in [0.717, 1.165) is 0 Å². The van der Waals surface area contributed by atoms with E-state index in [0.29, 0.717) is 0 Å². The van der Waals surface area contributed by atoms with Crippen LogP contribution in [0.1, 0.15) is 25.1 Å². The lowest BCUT2D eigenvalue weighted by Gasteiger charge is -2.17. The summed E-state index contributed by atoms with van der Waals surface area (Å²) >= 11 is 0. The largest absolute Gasteiger partial charge is 0.358 e. The molecule has 0 fully saturated rings. The van der Waals surface area contributed by atoms with Gasteiger partial charge in [0.25, 0.3) is 0 Å². The Bertz CT molecular complexity index is 503. The number of hydrogen-bond acceptors (Lipinski definition) is 0. The number of fused-ring (bicyclic) bond motifs is 1. The Balaban J connectivity index is 2.61. The highest BCUT2D eigenvalue weighted by Crippen LogP contribution is 2.27. The highest BCUT2D eigenvalue weighted by Gasteiger charge is 2.18. The first-order chi connectivity index (χ1) is 7.03. The summed E-state index contributed by atoms with van der Waals surface area (Å²) in [6.07, 6.45) is 1.98. The maximum atomic E-state index is 3.88. The van der Waals surface area contributed by atoms with Crippen LogP contribution in [0.15, 0.2) is 36.9 Å². The van der Waals surface area contributed by atoms with Crippen LogP contribution in [0.2, 0.25) is 0 Å². The molecule has 0 spiro atoms. The number of rotatable bonds is 2. The first-order valence-corrected chi connectivity index (χ1v) is 5.26. The van der Waals surface area contributed by atoms with Crippen molar-refractivity contribution < 1.29 is 0 Å². The van der Waals surface area contributed by atoms with Crippen LogP contribution in [0.3, 0.4) is 0 Å². The van der Waals surface area contributed by atoms with Gasteiger partial charge in [-0.05, 0) is 30.0 Å². The predicted octanol–water partition coefficient (Wildman–Crippen LogP) is 3.94. The highest BCUT2D eigenvalue weighted by molar-refractivity contribution is 5.81. The van der Waals surface area contributed by atoms with Crippen LogP contribution in [-0.2, 0) is 5.41 Å². The van der Waals surface area contributed by atoms with Gasteiger partial charge in [0.05, 0.1) is 0 Å². The van der Waals surface area contributed by atoms with Gasteiger partial charge in [0.1, 0.15) is 0 Å². The average molecular weight is 199 g/mol. The van der Waals surface area contributed by atoms with Crippen molar-refractivity contribution >= 4 is 10.9 Å². The van der Waals surface area contributed by atoms with Gasteiger partial charge in [0.15, 0.2) is 0 Å². The third-order valence-corrected chi connectivity index (χ3v) is 2.98. The number of hydrogen-bond donors (Lipinski definition) is 1. The molecular weight excluding hydrogens is 182 g/mol.